The summed E-state index contributed by atoms with van der Waals surface area (Å²) in [6.07, 6.45) is 2.30. The number of halogens is 1. The van der Waals surface area contributed by atoms with Crippen LogP contribution in [0.15, 0.2) is 24.3 Å². The molecule has 0 aliphatic carbocycles. The smallest absolute Gasteiger partial charge is 0.309 e. The lowest BCUT2D eigenvalue weighted by molar-refractivity contribution is -0.152. The second-order valence-electron chi connectivity index (χ2n) is 7.91. The van der Waals surface area contributed by atoms with Gasteiger partial charge in [0.2, 0.25) is 15.9 Å². The summed E-state index contributed by atoms with van der Waals surface area (Å²) in [6.45, 7) is 3.97. The van der Waals surface area contributed by atoms with Gasteiger partial charge < -0.3 is 9.64 Å². The molecule has 2 fully saturated rings. The van der Waals surface area contributed by atoms with E-state index in [4.69, 9.17) is 16.3 Å². The van der Waals surface area contributed by atoms with E-state index in [1.807, 2.05) is 4.90 Å². The van der Waals surface area contributed by atoms with Gasteiger partial charge >= 0.3 is 5.97 Å². The van der Waals surface area contributed by atoms with Crippen LogP contribution >= 0.6 is 11.6 Å². The molecule has 0 atom stereocenters. The summed E-state index contributed by atoms with van der Waals surface area (Å²) in [5.41, 5.74) is 0.696. The van der Waals surface area contributed by atoms with Crippen molar-refractivity contribution in [3.63, 3.8) is 0 Å². The minimum Gasteiger partial charge on any atom is -0.466 e. The third-order valence-corrected chi connectivity index (χ3v) is 7.99. The Bertz CT molecular complexity index is 843. The highest BCUT2D eigenvalue weighted by Gasteiger charge is 2.35. The number of benzene rings is 1. The van der Waals surface area contributed by atoms with Crippen molar-refractivity contribution in [2.24, 2.45) is 11.8 Å². The number of hydrogen-bond donors (Lipinski definition) is 0. The largest absolute Gasteiger partial charge is 0.466 e. The topological polar surface area (TPSA) is 84.0 Å². The van der Waals surface area contributed by atoms with E-state index in [-0.39, 0.29) is 29.5 Å². The summed E-state index contributed by atoms with van der Waals surface area (Å²) in [7, 11) is -3.43. The van der Waals surface area contributed by atoms with E-state index < -0.39 is 10.0 Å². The van der Waals surface area contributed by atoms with Crippen LogP contribution in [0.5, 0.6) is 0 Å². The second-order valence-corrected chi connectivity index (χ2v) is 10.3. The SMILES string of the molecule is CCOC(=O)C1CCN(C(=O)C2CCN(S(=O)(=O)Cc3ccc(Cl)cc3)CC2)CC1. The highest BCUT2D eigenvalue weighted by Crippen LogP contribution is 2.26. The Morgan fingerprint density at radius 2 is 1.57 bits per heavy atom. The van der Waals surface area contributed by atoms with Crippen LogP contribution in [0.1, 0.15) is 38.2 Å². The molecule has 2 heterocycles. The number of piperidine rings is 2. The number of rotatable bonds is 6. The summed E-state index contributed by atoms with van der Waals surface area (Å²) in [6, 6.07) is 6.80. The molecule has 3 rings (SSSR count). The van der Waals surface area contributed by atoms with Gasteiger partial charge in [-0.2, -0.15) is 0 Å². The van der Waals surface area contributed by atoms with Gasteiger partial charge in [-0.1, -0.05) is 23.7 Å². The zero-order valence-electron chi connectivity index (χ0n) is 17.3. The summed E-state index contributed by atoms with van der Waals surface area (Å²) < 4.78 is 32.0. The predicted molar refractivity (Wildman–Crippen MR) is 114 cm³/mol. The maximum Gasteiger partial charge on any atom is 0.309 e. The van der Waals surface area contributed by atoms with Gasteiger partial charge in [0.05, 0.1) is 18.3 Å². The van der Waals surface area contributed by atoms with E-state index in [2.05, 4.69) is 0 Å². The Labute approximate surface area is 183 Å². The first-order valence-electron chi connectivity index (χ1n) is 10.5. The number of amides is 1. The number of likely N-dealkylation sites (tertiary alicyclic amines) is 1. The highest BCUT2D eigenvalue weighted by atomic mass is 35.5. The highest BCUT2D eigenvalue weighted by molar-refractivity contribution is 7.88. The minimum absolute atomic E-state index is 0.0653. The number of esters is 1. The Hall–Kier alpha value is -1.64. The zero-order chi connectivity index (χ0) is 21.7. The van der Waals surface area contributed by atoms with Crippen molar-refractivity contribution in [1.82, 2.24) is 9.21 Å². The molecule has 0 aromatic heterocycles. The summed E-state index contributed by atoms with van der Waals surface area (Å²) in [5, 5.41) is 0.571. The number of hydrogen-bond acceptors (Lipinski definition) is 5. The molecule has 0 N–H and O–H groups in total. The van der Waals surface area contributed by atoms with Gasteiger partial charge in [-0.25, -0.2) is 12.7 Å². The van der Waals surface area contributed by atoms with E-state index >= 15 is 0 Å². The molecule has 0 saturated carbocycles. The second kappa shape index (κ2) is 10.1. The maximum atomic E-state index is 12.9. The lowest BCUT2D eigenvalue weighted by Crippen LogP contribution is -2.47. The van der Waals surface area contributed by atoms with Crippen LogP contribution in [0, 0.1) is 11.8 Å². The third-order valence-electron chi connectivity index (χ3n) is 5.89. The molecule has 0 radical (unpaired) electrons. The molecule has 1 aromatic carbocycles. The van der Waals surface area contributed by atoms with E-state index in [0.717, 1.165) is 0 Å². The minimum atomic E-state index is -3.43. The van der Waals surface area contributed by atoms with E-state index in [1.165, 1.54) is 4.31 Å². The fourth-order valence-corrected chi connectivity index (χ4v) is 5.81. The summed E-state index contributed by atoms with van der Waals surface area (Å²) in [4.78, 5) is 26.5. The fourth-order valence-electron chi connectivity index (χ4n) is 4.12. The fraction of sp³-hybridized carbons (Fsp3) is 0.619. The van der Waals surface area contributed by atoms with Gasteiger partial charge in [-0.3, -0.25) is 9.59 Å². The standard InChI is InChI=1S/C21H29ClN2O5S/c1-2-29-21(26)18-7-11-23(12-8-18)20(25)17-9-13-24(14-10-17)30(27,28)15-16-3-5-19(22)6-4-16/h3-6,17-18H,2,7-15H2,1H3. The quantitative estimate of drug-likeness (QED) is 0.614. The molecule has 1 aromatic rings. The molecule has 166 valence electrons. The van der Waals surface area contributed by atoms with Gasteiger partial charge in [-0.05, 0) is 50.3 Å². The molecule has 30 heavy (non-hydrogen) atoms. The van der Waals surface area contributed by atoms with Gasteiger partial charge in [-0.15, -0.1) is 0 Å². The van der Waals surface area contributed by atoms with E-state index in [0.29, 0.717) is 69.1 Å². The van der Waals surface area contributed by atoms with Gasteiger partial charge in [0, 0.05) is 37.1 Å². The van der Waals surface area contributed by atoms with Crippen molar-refractivity contribution < 1.29 is 22.7 Å². The Morgan fingerprint density at radius 1 is 1.00 bits per heavy atom. The van der Waals surface area contributed by atoms with Crippen LogP contribution in [-0.2, 0) is 30.1 Å². The van der Waals surface area contributed by atoms with Gasteiger partial charge in [0.25, 0.3) is 0 Å². The van der Waals surface area contributed by atoms with Crippen molar-refractivity contribution >= 4 is 33.5 Å². The number of carbonyl (C=O) groups is 2. The Kier molecular flexibility index (Phi) is 7.76. The normalized spacial score (nSPS) is 19.6. The first kappa shape index (κ1) is 23.0. The van der Waals surface area contributed by atoms with Crippen molar-refractivity contribution in [2.75, 3.05) is 32.8 Å². The Morgan fingerprint density at radius 3 is 2.13 bits per heavy atom. The third kappa shape index (κ3) is 5.74. The summed E-state index contributed by atoms with van der Waals surface area (Å²) >= 11 is 5.86. The van der Waals surface area contributed by atoms with Gasteiger partial charge in [0.15, 0.2) is 0 Å². The number of ether oxygens (including phenoxy) is 1. The van der Waals surface area contributed by atoms with E-state index in [1.54, 1.807) is 31.2 Å². The predicted octanol–water partition coefficient (Wildman–Crippen LogP) is 2.68. The average molecular weight is 457 g/mol. The van der Waals surface area contributed by atoms with Crippen LogP contribution in [-0.4, -0.2) is 62.3 Å². The lowest BCUT2D eigenvalue weighted by Gasteiger charge is -2.36. The van der Waals surface area contributed by atoms with Crippen LogP contribution in [0.2, 0.25) is 5.02 Å². The molecule has 9 heteroatoms. The molecular weight excluding hydrogens is 428 g/mol. The van der Waals surface area contributed by atoms with Crippen molar-refractivity contribution in [2.45, 2.75) is 38.4 Å². The van der Waals surface area contributed by atoms with Crippen LogP contribution < -0.4 is 0 Å². The molecule has 0 unspecified atom stereocenters. The molecule has 7 nitrogen and oxygen atoms in total. The first-order chi connectivity index (χ1) is 14.3. The zero-order valence-corrected chi connectivity index (χ0v) is 18.8. The molecule has 2 aliphatic rings. The van der Waals surface area contributed by atoms with Gasteiger partial charge in [0.1, 0.15) is 0 Å². The maximum absolute atomic E-state index is 12.9. The van der Waals surface area contributed by atoms with E-state index in [9.17, 15) is 18.0 Å². The monoisotopic (exact) mass is 456 g/mol. The van der Waals surface area contributed by atoms with Crippen LogP contribution in [0.4, 0.5) is 0 Å². The summed E-state index contributed by atoms with van der Waals surface area (Å²) in [5.74, 6) is -0.458. The van der Waals surface area contributed by atoms with Crippen molar-refractivity contribution in [1.29, 1.82) is 0 Å². The van der Waals surface area contributed by atoms with Crippen LogP contribution in [0.3, 0.4) is 0 Å². The average Bonchev–Trinajstić information content (AvgIpc) is 2.75. The number of carbonyl (C=O) groups excluding carboxylic acids is 2. The number of nitrogens with zero attached hydrogens (tertiary/aromatic N) is 2. The van der Waals surface area contributed by atoms with Crippen molar-refractivity contribution in [3.05, 3.63) is 34.9 Å². The first-order valence-corrected chi connectivity index (χ1v) is 12.5. The number of sulfonamides is 1. The molecule has 1 amide bonds. The molecule has 0 bridgehead atoms. The molecule has 2 saturated heterocycles. The van der Waals surface area contributed by atoms with Crippen LogP contribution in [0.25, 0.3) is 0 Å². The molecular formula is C21H29ClN2O5S. The molecule has 0 spiro atoms. The molecule has 2 aliphatic heterocycles. The lowest BCUT2D eigenvalue weighted by atomic mass is 9.92. The Balaban J connectivity index is 1.48. The van der Waals surface area contributed by atoms with Crippen molar-refractivity contribution in [3.8, 4) is 0 Å².